The molecule has 26 heavy (non-hydrogen) atoms. The van der Waals surface area contributed by atoms with E-state index in [0.29, 0.717) is 32.5 Å². The third-order valence-corrected chi connectivity index (χ3v) is 7.36. The standard InChI is InChI=1S/C16H19ClFN5O2S/c17-13-9-12(18)1-2-14(13)26(24,25)22-6-3-11(4-7-22)16-21-20-15-10-19-5-8-23(15)16/h1-2,9,11,19H,3-8,10H2. The highest BCUT2D eigenvalue weighted by atomic mass is 35.5. The molecule has 7 nitrogen and oxygen atoms in total. The van der Waals surface area contributed by atoms with Crippen LogP contribution < -0.4 is 5.32 Å². The predicted octanol–water partition coefficient (Wildman–Crippen LogP) is 1.74. The summed E-state index contributed by atoms with van der Waals surface area (Å²) in [6.07, 6.45) is 1.34. The molecule has 10 heteroatoms. The number of aromatic nitrogens is 3. The van der Waals surface area contributed by atoms with Crippen LogP contribution in [0.1, 0.15) is 30.4 Å². The fourth-order valence-electron chi connectivity index (χ4n) is 3.59. The summed E-state index contributed by atoms with van der Waals surface area (Å²) in [7, 11) is -3.74. The van der Waals surface area contributed by atoms with E-state index in [-0.39, 0.29) is 15.8 Å². The monoisotopic (exact) mass is 399 g/mol. The molecule has 0 unspecified atom stereocenters. The second kappa shape index (κ2) is 6.88. The van der Waals surface area contributed by atoms with Crippen molar-refractivity contribution in [3.8, 4) is 0 Å². The van der Waals surface area contributed by atoms with E-state index in [2.05, 4.69) is 20.1 Å². The first-order chi connectivity index (χ1) is 12.5. The molecule has 1 aromatic carbocycles. The number of rotatable bonds is 3. The Bertz CT molecular complexity index is 925. The van der Waals surface area contributed by atoms with Gasteiger partial charge in [-0.25, -0.2) is 12.8 Å². The summed E-state index contributed by atoms with van der Waals surface area (Å²) in [5, 5.41) is 11.7. The Kier molecular flexibility index (Phi) is 4.72. The van der Waals surface area contributed by atoms with Crippen molar-refractivity contribution in [1.82, 2.24) is 24.4 Å². The van der Waals surface area contributed by atoms with Crippen molar-refractivity contribution in [3.05, 3.63) is 40.7 Å². The number of hydrogen-bond donors (Lipinski definition) is 1. The average molecular weight is 400 g/mol. The van der Waals surface area contributed by atoms with Crippen molar-refractivity contribution < 1.29 is 12.8 Å². The molecule has 3 heterocycles. The molecule has 0 bridgehead atoms. The smallest absolute Gasteiger partial charge is 0.244 e. The number of hydrogen-bond acceptors (Lipinski definition) is 5. The van der Waals surface area contributed by atoms with Gasteiger partial charge in [-0.15, -0.1) is 10.2 Å². The molecule has 0 spiro atoms. The van der Waals surface area contributed by atoms with E-state index in [4.69, 9.17) is 11.6 Å². The first-order valence-electron chi connectivity index (χ1n) is 8.54. The number of sulfonamides is 1. The average Bonchev–Trinajstić information content (AvgIpc) is 3.05. The molecule has 0 radical (unpaired) electrons. The first kappa shape index (κ1) is 17.8. The maximum Gasteiger partial charge on any atom is 0.244 e. The van der Waals surface area contributed by atoms with E-state index in [1.54, 1.807) is 0 Å². The molecule has 1 fully saturated rings. The van der Waals surface area contributed by atoms with Crippen LogP contribution in [0.4, 0.5) is 4.39 Å². The van der Waals surface area contributed by atoms with Crippen molar-refractivity contribution in [1.29, 1.82) is 0 Å². The molecular formula is C16H19ClFN5O2S. The van der Waals surface area contributed by atoms with Crippen molar-refractivity contribution >= 4 is 21.6 Å². The summed E-state index contributed by atoms with van der Waals surface area (Å²) in [6.45, 7) is 3.18. The van der Waals surface area contributed by atoms with Crippen LogP contribution in [0, 0.1) is 5.82 Å². The van der Waals surface area contributed by atoms with Gasteiger partial charge >= 0.3 is 0 Å². The highest BCUT2D eigenvalue weighted by Crippen LogP contribution is 2.32. The molecular weight excluding hydrogens is 381 g/mol. The number of fused-ring (bicyclic) bond motifs is 1. The Morgan fingerprint density at radius 1 is 1.19 bits per heavy atom. The lowest BCUT2D eigenvalue weighted by atomic mass is 9.97. The predicted molar refractivity (Wildman–Crippen MR) is 93.9 cm³/mol. The molecule has 2 aliphatic rings. The second-order valence-electron chi connectivity index (χ2n) is 6.56. The van der Waals surface area contributed by atoms with Crippen LogP contribution in [0.3, 0.4) is 0 Å². The highest BCUT2D eigenvalue weighted by molar-refractivity contribution is 7.89. The van der Waals surface area contributed by atoms with Crippen LogP contribution in [0.2, 0.25) is 5.02 Å². The number of piperidine rings is 1. The lowest BCUT2D eigenvalue weighted by Gasteiger charge is -2.31. The van der Waals surface area contributed by atoms with Crippen molar-refractivity contribution in [2.45, 2.75) is 36.7 Å². The van der Waals surface area contributed by atoms with E-state index in [9.17, 15) is 12.8 Å². The summed E-state index contributed by atoms with van der Waals surface area (Å²) < 4.78 is 42.4. The van der Waals surface area contributed by atoms with Crippen LogP contribution in [0.5, 0.6) is 0 Å². The Hall–Kier alpha value is -1.55. The molecule has 0 aliphatic carbocycles. The van der Waals surface area contributed by atoms with Crippen molar-refractivity contribution in [3.63, 3.8) is 0 Å². The summed E-state index contributed by atoms with van der Waals surface area (Å²) in [4.78, 5) is -0.0510. The number of benzene rings is 1. The van der Waals surface area contributed by atoms with Gasteiger partial charge in [-0.2, -0.15) is 4.31 Å². The Balaban J connectivity index is 1.50. The topological polar surface area (TPSA) is 80.1 Å². The van der Waals surface area contributed by atoms with E-state index in [1.807, 2.05) is 0 Å². The summed E-state index contributed by atoms with van der Waals surface area (Å²) in [5.74, 6) is 1.50. The molecule has 2 aromatic rings. The number of nitrogens with one attached hydrogen (secondary N) is 1. The largest absolute Gasteiger partial charge is 0.312 e. The van der Waals surface area contributed by atoms with Gasteiger partial charge in [0.2, 0.25) is 10.0 Å². The number of halogens is 2. The van der Waals surface area contributed by atoms with Gasteiger partial charge in [0.05, 0.1) is 11.6 Å². The van der Waals surface area contributed by atoms with Gasteiger partial charge in [0.25, 0.3) is 0 Å². The second-order valence-corrected chi connectivity index (χ2v) is 8.87. The zero-order chi connectivity index (χ0) is 18.3. The minimum Gasteiger partial charge on any atom is -0.312 e. The molecule has 0 amide bonds. The Morgan fingerprint density at radius 2 is 1.96 bits per heavy atom. The van der Waals surface area contributed by atoms with Crippen LogP contribution in [-0.4, -0.2) is 47.1 Å². The van der Waals surface area contributed by atoms with Gasteiger partial charge in [0.1, 0.15) is 22.4 Å². The molecule has 0 saturated carbocycles. The fourth-order valence-corrected chi connectivity index (χ4v) is 5.57. The van der Waals surface area contributed by atoms with Crippen molar-refractivity contribution in [2.75, 3.05) is 19.6 Å². The third kappa shape index (κ3) is 3.13. The lowest BCUT2D eigenvalue weighted by molar-refractivity contribution is 0.307. The summed E-state index contributed by atoms with van der Waals surface area (Å²) >= 11 is 5.95. The van der Waals surface area contributed by atoms with Crippen LogP contribution in [0.15, 0.2) is 23.1 Å². The van der Waals surface area contributed by atoms with E-state index < -0.39 is 15.8 Å². The summed E-state index contributed by atoms with van der Waals surface area (Å²) in [5.41, 5.74) is 0. The molecule has 2 aliphatic heterocycles. The van der Waals surface area contributed by atoms with Gasteiger partial charge in [-0.3, -0.25) is 0 Å². The zero-order valence-electron chi connectivity index (χ0n) is 14.0. The molecule has 1 saturated heterocycles. The van der Waals surface area contributed by atoms with E-state index >= 15 is 0 Å². The minimum absolute atomic E-state index is 0.0510. The SMILES string of the molecule is O=S(=O)(c1ccc(F)cc1Cl)N1CCC(c2nnc3n2CCNC3)CC1. The quantitative estimate of drug-likeness (QED) is 0.850. The molecule has 0 atom stereocenters. The molecule has 1 N–H and O–H groups in total. The van der Waals surface area contributed by atoms with Crippen LogP contribution in [-0.2, 0) is 23.1 Å². The highest BCUT2D eigenvalue weighted by Gasteiger charge is 2.33. The van der Waals surface area contributed by atoms with Gasteiger partial charge < -0.3 is 9.88 Å². The first-order valence-corrected chi connectivity index (χ1v) is 10.4. The van der Waals surface area contributed by atoms with Crippen LogP contribution in [0.25, 0.3) is 0 Å². The lowest BCUT2D eigenvalue weighted by Crippen LogP contribution is -2.39. The van der Waals surface area contributed by atoms with Gasteiger partial charge in [-0.05, 0) is 31.0 Å². The van der Waals surface area contributed by atoms with Gasteiger partial charge in [0, 0.05) is 32.1 Å². The van der Waals surface area contributed by atoms with Crippen molar-refractivity contribution in [2.24, 2.45) is 0 Å². The summed E-state index contributed by atoms with van der Waals surface area (Å²) in [6, 6.07) is 3.36. The Morgan fingerprint density at radius 3 is 2.69 bits per heavy atom. The van der Waals surface area contributed by atoms with Gasteiger partial charge in [-0.1, -0.05) is 11.6 Å². The van der Waals surface area contributed by atoms with E-state index in [1.165, 1.54) is 10.4 Å². The maximum absolute atomic E-state index is 13.2. The van der Waals surface area contributed by atoms with E-state index in [0.717, 1.165) is 36.9 Å². The van der Waals surface area contributed by atoms with Crippen LogP contribution >= 0.6 is 11.6 Å². The fraction of sp³-hybridized carbons (Fsp3) is 0.500. The maximum atomic E-state index is 13.2. The molecule has 140 valence electrons. The normalized spacial score (nSPS) is 19.5. The molecule has 1 aromatic heterocycles. The third-order valence-electron chi connectivity index (χ3n) is 4.98. The number of nitrogens with zero attached hydrogens (tertiary/aromatic N) is 4. The molecule has 4 rings (SSSR count). The minimum atomic E-state index is -3.74. The Labute approximate surface area is 156 Å². The zero-order valence-corrected chi connectivity index (χ0v) is 15.6. The van der Waals surface area contributed by atoms with Gasteiger partial charge in [0.15, 0.2) is 0 Å².